The van der Waals surface area contributed by atoms with Gasteiger partial charge in [0.15, 0.2) is 0 Å². The molecule has 3 amide bonds. The summed E-state index contributed by atoms with van der Waals surface area (Å²) in [6, 6.07) is 0. The lowest BCUT2D eigenvalue weighted by Gasteiger charge is -2.28. The monoisotopic (exact) mass is 366 g/mol. The van der Waals surface area contributed by atoms with Crippen LogP contribution in [0.4, 0.5) is 0 Å². The average Bonchev–Trinajstić information content (AvgIpc) is 2.66. The van der Waals surface area contributed by atoms with E-state index in [0.29, 0.717) is 38.5 Å². The molecule has 0 saturated heterocycles. The third-order valence-corrected chi connectivity index (χ3v) is 5.70. The number of carbonyl (C=O) groups excluding carboxylic acids is 4. The Morgan fingerprint density at radius 1 is 0.577 bits per heavy atom. The van der Waals surface area contributed by atoms with Crippen LogP contribution in [-0.2, 0) is 19.2 Å². The fourth-order valence-electron chi connectivity index (χ4n) is 3.93. The first kappa shape index (κ1) is 20.4. The molecule has 2 rings (SSSR count). The molecule has 8 heteroatoms. The highest BCUT2D eigenvalue weighted by Crippen LogP contribution is 2.30. The van der Waals surface area contributed by atoms with E-state index in [1.807, 2.05) is 0 Å². The van der Waals surface area contributed by atoms with Crippen molar-refractivity contribution in [1.29, 1.82) is 0 Å². The van der Waals surface area contributed by atoms with Gasteiger partial charge >= 0.3 is 0 Å². The molecule has 2 aliphatic rings. The Kier molecular flexibility index (Phi) is 7.56. The van der Waals surface area contributed by atoms with Gasteiger partial charge in [-0.25, -0.2) is 5.43 Å². The molecule has 0 atom stereocenters. The van der Waals surface area contributed by atoms with Crippen molar-refractivity contribution < 1.29 is 19.2 Å². The summed E-state index contributed by atoms with van der Waals surface area (Å²) in [5.74, 6) is -0.543. The normalized spacial score (nSPS) is 28.7. The Morgan fingerprint density at radius 3 is 1.19 bits per heavy atom. The number of amides is 3. The highest BCUT2D eigenvalue weighted by Gasteiger charge is 2.31. The number of ketones is 1. The molecule has 0 aromatic carbocycles. The molecular formula is C18H30N4O4. The van der Waals surface area contributed by atoms with Gasteiger partial charge in [0.05, 0.1) is 0 Å². The maximum Gasteiger partial charge on any atom is 0.241 e. The minimum Gasteiger partial charge on any atom is -0.300 e. The first-order valence-electron chi connectivity index (χ1n) is 9.49. The van der Waals surface area contributed by atoms with E-state index in [2.05, 4.69) is 21.7 Å². The van der Waals surface area contributed by atoms with Crippen molar-refractivity contribution in [3.05, 3.63) is 0 Å². The smallest absolute Gasteiger partial charge is 0.241 e. The van der Waals surface area contributed by atoms with Crippen molar-refractivity contribution >= 4 is 23.5 Å². The van der Waals surface area contributed by atoms with Crippen molar-refractivity contribution in [3.8, 4) is 0 Å². The summed E-state index contributed by atoms with van der Waals surface area (Å²) in [7, 11) is 1.65. The SMILES string of the molecule is CNNC(=O)C1CCC(C(=O)NNC(=O)C2CCC(C(C)=O)CC2)CC1. The predicted molar refractivity (Wildman–Crippen MR) is 95.1 cm³/mol. The Morgan fingerprint density at radius 2 is 0.885 bits per heavy atom. The summed E-state index contributed by atoms with van der Waals surface area (Å²) in [6.07, 6.45) is 5.42. The second-order valence-corrected chi connectivity index (χ2v) is 7.43. The fraction of sp³-hybridized carbons (Fsp3) is 0.778. The Balaban J connectivity index is 1.68. The number of Topliss-reactive ketones (excluding diaryl/α,β-unsaturated/α-hetero) is 1. The fourth-order valence-corrected chi connectivity index (χ4v) is 3.93. The minimum absolute atomic E-state index is 0.0409. The highest BCUT2D eigenvalue weighted by molar-refractivity contribution is 5.85. The van der Waals surface area contributed by atoms with Crippen LogP contribution in [0.2, 0.25) is 0 Å². The number of hydrazine groups is 2. The Bertz CT molecular complexity index is 535. The third kappa shape index (κ3) is 5.52. The molecule has 0 aliphatic heterocycles. The second kappa shape index (κ2) is 9.66. The molecule has 2 aliphatic carbocycles. The topological polar surface area (TPSA) is 116 Å². The quantitative estimate of drug-likeness (QED) is 0.531. The maximum atomic E-state index is 12.2. The molecular weight excluding hydrogens is 336 g/mol. The second-order valence-electron chi connectivity index (χ2n) is 7.43. The van der Waals surface area contributed by atoms with Crippen LogP contribution >= 0.6 is 0 Å². The van der Waals surface area contributed by atoms with E-state index < -0.39 is 0 Å². The molecule has 2 fully saturated rings. The molecule has 146 valence electrons. The summed E-state index contributed by atoms with van der Waals surface area (Å²) in [5, 5.41) is 0. The summed E-state index contributed by atoms with van der Waals surface area (Å²) in [6.45, 7) is 1.60. The predicted octanol–water partition coefficient (Wildman–Crippen LogP) is 0.586. The minimum atomic E-state index is -0.191. The van der Waals surface area contributed by atoms with Crippen LogP contribution in [0, 0.1) is 23.7 Å². The number of carbonyl (C=O) groups is 4. The molecule has 0 spiro atoms. The van der Waals surface area contributed by atoms with E-state index in [0.717, 1.165) is 12.8 Å². The van der Waals surface area contributed by atoms with E-state index in [1.54, 1.807) is 14.0 Å². The lowest BCUT2D eigenvalue weighted by molar-refractivity contribution is -0.135. The summed E-state index contributed by atoms with van der Waals surface area (Å²) in [4.78, 5) is 47.6. The van der Waals surface area contributed by atoms with Gasteiger partial charge in [-0.3, -0.25) is 35.5 Å². The van der Waals surface area contributed by atoms with Crippen LogP contribution in [0.3, 0.4) is 0 Å². The lowest BCUT2D eigenvalue weighted by Crippen LogP contribution is -2.48. The average molecular weight is 366 g/mol. The van der Waals surface area contributed by atoms with Gasteiger partial charge in [-0.05, 0) is 58.3 Å². The van der Waals surface area contributed by atoms with Gasteiger partial charge in [-0.2, -0.15) is 0 Å². The standard InChI is InChI=1S/C18H30N4O4/c1-11(23)12-3-5-14(6-4-12)17(25)21-22-18(26)15-9-7-13(8-10-15)16(24)20-19-2/h12-15,19H,3-10H2,1-2H3,(H,20,24)(H,21,25)(H,22,26). The number of rotatable bonds is 5. The van der Waals surface area contributed by atoms with E-state index in [-0.39, 0.29) is 47.2 Å². The molecule has 26 heavy (non-hydrogen) atoms. The highest BCUT2D eigenvalue weighted by atomic mass is 16.2. The summed E-state index contributed by atoms with van der Waals surface area (Å²) >= 11 is 0. The first-order chi connectivity index (χ1) is 12.4. The van der Waals surface area contributed by atoms with Gasteiger partial charge in [-0.15, -0.1) is 0 Å². The Labute approximate surface area is 154 Å². The van der Waals surface area contributed by atoms with Gasteiger partial charge < -0.3 is 0 Å². The van der Waals surface area contributed by atoms with E-state index in [9.17, 15) is 19.2 Å². The largest absolute Gasteiger partial charge is 0.300 e. The third-order valence-electron chi connectivity index (χ3n) is 5.70. The molecule has 0 unspecified atom stereocenters. The molecule has 0 aromatic heterocycles. The maximum absolute atomic E-state index is 12.2. The van der Waals surface area contributed by atoms with Crippen molar-refractivity contribution in [3.63, 3.8) is 0 Å². The van der Waals surface area contributed by atoms with Crippen molar-refractivity contribution in [1.82, 2.24) is 21.7 Å². The van der Waals surface area contributed by atoms with E-state index in [1.165, 1.54) is 0 Å². The zero-order chi connectivity index (χ0) is 19.1. The van der Waals surface area contributed by atoms with Crippen LogP contribution in [0.5, 0.6) is 0 Å². The number of hydrogen-bond donors (Lipinski definition) is 4. The molecule has 0 radical (unpaired) electrons. The molecule has 0 heterocycles. The van der Waals surface area contributed by atoms with Crippen LogP contribution in [0.15, 0.2) is 0 Å². The molecule has 0 aromatic rings. The summed E-state index contributed by atoms with van der Waals surface area (Å²) < 4.78 is 0. The number of hydrogen-bond acceptors (Lipinski definition) is 5. The van der Waals surface area contributed by atoms with Gasteiger partial charge in [0.1, 0.15) is 5.78 Å². The molecule has 0 bridgehead atoms. The van der Waals surface area contributed by atoms with Gasteiger partial charge in [0, 0.05) is 30.7 Å². The molecule has 8 nitrogen and oxygen atoms in total. The Hall–Kier alpha value is -1.96. The number of nitrogens with one attached hydrogen (secondary N) is 4. The van der Waals surface area contributed by atoms with Crippen LogP contribution in [0.1, 0.15) is 58.3 Å². The van der Waals surface area contributed by atoms with Gasteiger partial charge in [0.25, 0.3) is 0 Å². The zero-order valence-electron chi connectivity index (χ0n) is 15.6. The van der Waals surface area contributed by atoms with Crippen LogP contribution < -0.4 is 21.7 Å². The van der Waals surface area contributed by atoms with Gasteiger partial charge in [0.2, 0.25) is 17.7 Å². The van der Waals surface area contributed by atoms with Crippen LogP contribution in [-0.4, -0.2) is 30.6 Å². The summed E-state index contributed by atoms with van der Waals surface area (Å²) in [5.41, 5.74) is 10.3. The van der Waals surface area contributed by atoms with Crippen molar-refractivity contribution in [2.45, 2.75) is 58.3 Å². The van der Waals surface area contributed by atoms with Crippen molar-refractivity contribution in [2.75, 3.05) is 7.05 Å². The van der Waals surface area contributed by atoms with E-state index in [4.69, 9.17) is 0 Å². The zero-order valence-corrected chi connectivity index (χ0v) is 15.6. The van der Waals surface area contributed by atoms with Gasteiger partial charge in [-0.1, -0.05) is 0 Å². The first-order valence-corrected chi connectivity index (χ1v) is 9.49. The van der Waals surface area contributed by atoms with E-state index >= 15 is 0 Å². The lowest BCUT2D eigenvalue weighted by atomic mass is 9.80. The van der Waals surface area contributed by atoms with Crippen molar-refractivity contribution in [2.24, 2.45) is 23.7 Å². The molecule has 4 N–H and O–H groups in total. The van der Waals surface area contributed by atoms with Crippen LogP contribution in [0.25, 0.3) is 0 Å². The molecule has 2 saturated carbocycles.